The van der Waals surface area contributed by atoms with E-state index in [1.807, 2.05) is 44.2 Å². The lowest BCUT2D eigenvalue weighted by atomic mass is 10.1. The van der Waals surface area contributed by atoms with E-state index in [0.29, 0.717) is 17.8 Å². The molecule has 0 bridgehead atoms. The Morgan fingerprint density at radius 1 is 0.853 bits per heavy atom. The maximum absolute atomic E-state index is 12.7. The van der Waals surface area contributed by atoms with Crippen molar-refractivity contribution in [3.05, 3.63) is 89.0 Å². The van der Waals surface area contributed by atoms with E-state index in [1.54, 1.807) is 12.1 Å². The summed E-state index contributed by atoms with van der Waals surface area (Å²) in [5.41, 5.74) is 4.54. The number of nitrogens with one attached hydrogen (secondary N) is 3. The summed E-state index contributed by atoms with van der Waals surface area (Å²) in [7, 11) is -3.77. The van der Waals surface area contributed by atoms with Crippen molar-refractivity contribution in [1.82, 2.24) is 5.32 Å². The molecule has 0 unspecified atom stereocenters. The highest BCUT2D eigenvalue weighted by Crippen LogP contribution is 2.30. The number of sulfonamides is 1. The van der Waals surface area contributed by atoms with Crippen molar-refractivity contribution in [1.29, 1.82) is 0 Å². The van der Waals surface area contributed by atoms with Gasteiger partial charge in [-0.3, -0.25) is 14.3 Å². The molecule has 8 heteroatoms. The Hall–Kier alpha value is -3.65. The number of carbonyl (C=O) groups excluding carboxylic acids is 2. The molecule has 1 saturated carbocycles. The first-order valence-electron chi connectivity index (χ1n) is 11.1. The van der Waals surface area contributed by atoms with Crippen LogP contribution in [0.1, 0.15) is 39.9 Å². The van der Waals surface area contributed by atoms with Gasteiger partial charge in [0.2, 0.25) is 5.91 Å². The zero-order chi connectivity index (χ0) is 24.3. The van der Waals surface area contributed by atoms with E-state index >= 15 is 0 Å². The molecule has 0 spiro atoms. The second kappa shape index (κ2) is 9.69. The van der Waals surface area contributed by atoms with Crippen molar-refractivity contribution in [2.75, 3.05) is 10.0 Å². The van der Waals surface area contributed by atoms with Crippen LogP contribution in [0.4, 0.5) is 11.4 Å². The minimum atomic E-state index is -3.77. The lowest BCUT2D eigenvalue weighted by Crippen LogP contribution is -2.23. The standard InChI is InChI=1S/C26H27N3O4S/c1-17-3-10-23(15-18(17)2)29-34(32,33)24-13-8-20(9-14-24)25(30)27-16-19-4-11-22(12-5-19)28-26(31)21-6-7-21/h3-5,8-15,21,29H,6-7,16H2,1-2H3,(H,27,30)(H,28,31). The molecule has 1 aliphatic rings. The van der Waals surface area contributed by atoms with Crippen LogP contribution >= 0.6 is 0 Å². The lowest BCUT2D eigenvalue weighted by molar-refractivity contribution is -0.117. The molecule has 4 rings (SSSR count). The van der Waals surface area contributed by atoms with Crippen LogP contribution in [0.3, 0.4) is 0 Å². The third-order valence-electron chi connectivity index (χ3n) is 5.81. The van der Waals surface area contributed by atoms with Crippen LogP contribution in [0.2, 0.25) is 0 Å². The molecular weight excluding hydrogens is 450 g/mol. The molecule has 1 aliphatic carbocycles. The van der Waals surface area contributed by atoms with Gasteiger partial charge in [0.05, 0.1) is 4.90 Å². The van der Waals surface area contributed by atoms with Crippen LogP contribution < -0.4 is 15.4 Å². The topological polar surface area (TPSA) is 104 Å². The molecule has 3 N–H and O–H groups in total. The highest BCUT2D eigenvalue weighted by molar-refractivity contribution is 7.92. The van der Waals surface area contributed by atoms with Gasteiger partial charge in [0.25, 0.3) is 15.9 Å². The second-order valence-electron chi connectivity index (χ2n) is 8.57. The maximum atomic E-state index is 12.7. The summed E-state index contributed by atoms with van der Waals surface area (Å²) in [5.74, 6) is -0.115. The molecule has 3 aromatic carbocycles. The first-order chi connectivity index (χ1) is 16.2. The van der Waals surface area contributed by atoms with Gasteiger partial charge in [-0.1, -0.05) is 18.2 Å². The maximum Gasteiger partial charge on any atom is 0.261 e. The fourth-order valence-corrected chi connectivity index (χ4v) is 4.43. The summed E-state index contributed by atoms with van der Waals surface area (Å²) in [4.78, 5) is 24.4. The van der Waals surface area contributed by atoms with Gasteiger partial charge in [-0.05, 0) is 91.9 Å². The number of amides is 2. The summed E-state index contributed by atoms with van der Waals surface area (Å²) in [6.07, 6.45) is 1.90. The van der Waals surface area contributed by atoms with Gasteiger partial charge >= 0.3 is 0 Å². The summed E-state index contributed by atoms with van der Waals surface area (Å²) < 4.78 is 27.9. The lowest BCUT2D eigenvalue weighted by Gasteiger charge is -2.11. The van der Waals surface area contributed by atoms with E-state index in [1.165, 1.54) is 24.3 Å². The largest absolute Gasteiger partial charge is 0.348 e. The molecule has 34 heavy (non-hydrogen) atoms. The monoisotopic (exact) mass is 477 g/mol. The summed E-state index contributed by atoms with van der Waals surface area (Å²) >= 11 is 0. The summed E-state index contributed by atoms with van der Waals surface area (Å²) in [6, 6.07) is 18.5. The van der Waals surface area contributed by atoms with Crippen LogP contribution in [0.25, 0.3) is 0 Å². The molecule has 2 amide bonds. The van der Waals surface area contributed by atoms with Gasteiger partial charge in [0, 0.05) is 29.4 Å². The predicted molar refractivity (Wildman–Crippen MR) is 132 cm³/mol. The first-order valence-corrected chi connectivity index (χ1v) is 12.6. The van der Waals surface area contributed by atoms with Crippen LogP contribution in [0, 0.1) is 19.8 Å². The average Bonchev–Trinajstić information content (AvgIpc) is 3.66. The van der Waals surface area contributed by atoms with Crippen molar-refractivity contribution < 1.29 is 18.0 Å². The Morgan fingerprint density at radius 3 is 2.12 bits per heavy atom. The van der Waals surface area contributed by atoms with E-state index in [2.05, 4.69) is 15.4 Å². The van der Waals surface area contributed by atoms with Gasteiger partial charge in [-0.2, -0.15) is 0 Å². The number of hydrogen-bond donors (Lipinski definition) is 3. The van der Waals surface area contributed by atoms with E-state index in [9.17, 15) is 18.0 Å². The number of rotatable bonds is 8. The Morgan fingerprint density at radius 2 is 1.50 bits per heavy atom. The van der Waals surface area contributed by atoms with E-state index < -0.39 is 10.0 Å². The minimum absolute atomic E-state index is 0.0516. The van der Waals surface area contributed by atoms with Crippen LogP contribution in [-0.2, 0) is 21.4 Å². The van der Waals surface area contributed by atoms with Gasteiger partial charge in [-0.15, -0.1) is 0 Å². The van der Waals surface area contributed by atoms with Crippen molar-refractivity contribution in [3.8, 4) is 0 Å². The summed E-state index contributed by atoms with van der Waals surface area (Å²) in [6.45, 7) is 4.19. The molecule has 176 valence electrons. The third-order valence-corrected chi connectivity index (χ3v) is 7.21. The SMILES string of the molecule is Cc1ccc(NS(=O)(=O)c2ccc(C(=O)NCc3ccc(NC(=O)C4CC4)cc3)cc2)cc1C. The first kappa shape index (κ1) is 23.5. The van der Waals surface area contributed by atoms with Crippen molar-refractivity contribution in [3.63, 3.8) is 0 Å². The number of anilines is 2. The fraction of sp³-hybridized carbons (Fsp3) is 0.231. The molecule has 0 atom stereocenters. The van der Waals surface area contributed by atoms with Gasteiger partial charge < -0.3 is 10.6 Å². The third kappa shape index (κ3) is 5.82. The zero-order valence-corrected chi connectivity index (χ0v) is 19.9. The fourth-order valence-electron chi connectivity index (χ4n) is 3.38. The molecule has 0 heterocycles. The minimum Gasteiger partial charge on any atom is -0.348 e. The molecule has 0 radical (unpaired) electrons. The normalized spacial score (nSPS) is 13.2. The average molecular weight is 478 g/mol. The second-order valence-corrected chi connectivity index (χ2v) is 10.3. The Balaban J connectivity index is 1.33. The van der Waals surface area contributed by atoms with E-state index in [-0.39, 0.29) is 22.6 Å². The predicted octanol–water partition coefficient (Wildman–Crippen LogP) is 4.38. The zero-order valence-electron chi connectivity index (χ0n) is 19.1. The van der Waals surface area contributed by atoms with Crippen molar-refractivity contribution in [2.45, 2.75) is 38.1 Å². The molecule has 3 aromatic rings. The number of hydrogen-bond acceptors (Lipinski definition) is 4. The quantitative estimate of drug-likeness (QED) is 0.448. The smallest absolute Gasteiger partial charge is 0.261 e. The van der Waals surface area contributed by atoms with E-state index in [4.69, 9.17) is 0 Å². The van der Waals surface area contributed by atoms with Crippen LogP contribution in [-0.4, -0.2) is 20.2 Å². The van der Waals surface area contributed by atoms with E-state index in [0.717, 1.165) is 35.2 Å². The highest BCUT2D eigenvalue weighted by Gasteiger charge is 2.29. The number of aryl methyl sites for hydroxylation is 2. The molecule has 0 aliphatic heterocycles. The Bertz CT molecular complexity index is 1310. The van der Waals surface area contributed by atoms with Gasteiger partial charge in [0.15, 0.2) is 0 Å². The molecule has 1 fully saturated rings. The van der Waals surface area contributed by atoms with Gasteiger partial charge in [-0.25, -0.2) is 8.42 Å². The molecule has 0 saturated heterocycles. The molecule has 0 aromatic heterocycles. The Kier molecular flexibility index (Phi) is 6.70. The molecular formula is C26H27N3O4S. The number of benzene rings is 3. The number of carbonyl (C=O) groups is 2. The van der Waals surface area contributed by atoms with Crippen LogP contribution in [0.15, 0.2) is 71.6 Å². The highest BCUT2D eigenvalue weighted by atomic mass is 32.2. The Labute approximate surface area is 199 Å². The van der Waals surface area contributed by atoms with Crippen molar-refractivity contribution >= 4 is 33.2 Å². The summed E-state index contributed by atoms with van der Waals surface area (Å²) in [5, 5.41) is 5.70. The molecule has 7 nitrogen and oxygen atoms in total. The van der Waals surface area contributed by atoms with Gasteiger partial charge in [0.1, 0.15) is 0 Å². The van der Waals surface area contributed by atoms with Crippen LogP contribution in [0.5, 0.6) is 0 Å². The van der Waals surface area contributed by atoms with Crippen molar-refractivity contribution in [2.24, 2.45) is 5.92 Å².